The summed E-state index contributed by atoms with van der Waals surface area (Å²) < 4.78 is 7.49. The lowest BCUT2D eigenvalue weighted by atomic mass is 10.1. The molecule has 1 fully saturated rings. The number of ether oxygens (including phenoxy) is 1. The van der Waals surface area contributed by atoms with Crippen molar-refractivity contribution in [2.45, 2.75) is 13.5 Å². The average Bonchev–Trinajstić information content (AvgIpc) is 2.81. The first-order valence-corrected chi connectivity index (χ1v) is 9.65. The van der Waals surface area contributed by atoms with Gasteiger partial charge in [-0.1, -0.05) is 69.7 Å². The van der Waals surface area contributed by atoms with Gasteiger partial charge in [-0.3, -0.25) is 9.69 Å². The van der Waals surface area contributed by atoms with Gasteiger partial charge >= 0.3 is 0 Å². The van der Waals surface area contributed by atoms with Gasteiger partial charge < -0.3 is 4.74 Å². The molecule has 0 atom stereocenters. The Hall–Kier alpha value is -1.63. The predicted octanol–water partition coefficient (Wildman–Crippen LogP) is 5.17. The average molecular weight is 434 g/mol. The summed E-state index contributed by atoms with van der Waals surface area (Å²) in [4.78, 5) is 14.3. The first kappa shape index (κ1) is 18.2. The second-order valence-corrected chi connectivity index (χ2v) is 8.29. The highest BCUT2D eigenvalue weighted by atomic mass is 79.9. The van der Waals surface area contributed by atoms with Crippen molar-refractivity contribution >= 4 is 56.2 Å². The predicted molar refractivity (Wildman–Crippen MR) is 111 cm³/mol. The smallest absolute Gasteiger partial charge is 0.265 e. The Morgan fingerprint density at radius 1 is 1.28 bits per heavy atom. The first-order chi connectivity index (χ1) is 11.9. The lowest BCUT2D eigenvalue weighted by Gasteiger charge is -2.11. The van der Waals surface area contributed by atoms with Crippen molar-refractivity contribution in [3.63, 3.8) is 0 Å². The molecule has 1 saturated heterocycles. The zero-order valence-electron chi connectivity index (χ0n) is 13.8. The molecule has 0 unspecified atom stereocenters. The van der Waals surface area contributed by atoms with E-state index in [1.54, 1.807) is 7.05 Å². The highest BCUT2D eigenvalue weighted by molar-refractivity contribution is 9.10. The molecule has 128 valence electrons. The summed E-state index contributed by atoms with van der Waals surface area (Å²) in [6, 6.07) is 14.0. The Kier molecular flexibility index (Phi) is 5.61. The summed E-state index contributed by atoms with van der Waals surface area (Å²) in [6.07, 6.45) is 1.83. The lowest BCUT2D eigenvalue weighted by molar-refractivity contribution is -0.121. The van der Waals surface area contributed by atoms with Crippen molar-refractivity contribution in [2.24, 2.45) is 0 Å². The second kappa shape index (κ2) is 7.72. The topological polar surface area (TPSA) is 29.5 Å². The molecule has 0 aromatic heterocycles. The van der Waals surface area contributed by atoms with Crippen LogP contribution in [-0.4, -0.2) is 22.2 Å². The summed E-state index contributed by atoms with van der Waals surface area (Å²) in [7, 11) is 1.69. The Morgan fingerprint density at radius 3 is 2.76 bits per heavy atom. The molecule has 3 rings (SSSR count). The molecule has 0 bridgehead atoms. The van der Waals surface area contributed by atoms with Crippen LogP contribution in [-0.2, 0) is 11.4 Å². The number of benzene rings is 2. The van der Waals surface area contributed by atoms with Crippen LogP contribution in [0.15, 0.2) is 51.8 Å². The van der Waals surface area contributed by atoms with Gasteiger partial charge in [0.25, 0.3) is 5.91 Å². The van der Waals surface area contributed by atoms with Crippen LogP contribution >= 0.6 is 39.9 Å². The number of nitrogens with zero attached hydrogens (tertiary/aromatic N) is 1. The van der Waals surface area contributed by atoms with Crippen molar-refractivity contribution in [3.8, 4) is 5.75 Å². The van der Waals surface area contributed by atoms with E-state index >= 15 is 0 Å². The van der Waals surface area contributed by atoms with Gasteiger partial charge in [-0.2, -0.15) is 0 Å². The van der Waals surface area contributed by atoms with E-state index in [-0.39, 0.29) is 5.91 Å². The van der Waals surface area contributed by atoms with E-state index in [1.165, 1.54) is 22.2 Å². The minimum Gasteiger partial charge on any atom is -0.488 e. The van der Waals surface area contributed by atoms with Crippen molar-refractivity contribution in [3.05, 3.63) is 68.5 Å². The SMILES string of the molecule is Cc1cccc(COc2ccc(Br)cc2C=C2SC(=S)N(C)C2=O)c1. The fraction of sp³-hybridized carbons (Fsp3) is 0.158. The van der Waals surface area contributed by atoms with Crippen LogP contribution in [0, 0.1) is 6.92 Å². The van der Waals surface area contributed by atoms with Gasteiger partial charge in [0, 0.05) is 17.1 Å². The second-order valence-electron chi connectivity index (χ2n) is 5.70. The molecule has 0 radical (unpaired) electrons. The quantitative estimate of drug-likeness (QED) is 0.491. The van der Waals surface area contributed by atoms with E-state index in [0.29, 0.717) is 15.8 Å². The molecule has 2 aromatic rings. The number of halogens is 1. The summed E-state index contributed by atoms with van der Waals surface area (Å²) in [5.41, 5.74) is 3.15. The van der Waals surface area contributed by atoms with Gasteiger partial charge in [-0.15, -0.1) is 0 Å². The molecule has 1 aliphatic rings. The molecule has 1 amide bonds. The summed E-state index contributed by atoms with van der Waals surface area (Å²) >= 11 is 9.97. The highest BCUT2D eigenvalue weighted by Crippen LogP contribution is 2.34. The molecule has 3 nitrogen and oxygen atoms in total. The highest BCUT2D eigenvalue weighted by Gasteiger charge is 2.28. The Morgan fingerprint density at radius 2 is 2.08 bits per heavy atom. The Bertz CT molecular complexity index is 879. The fourth-order valence-electron chi connectivity index (χ4n) is 2.41. The zero-order valence-corrected chi connectivity index (χ0v) is 17.0. The third kappa shape index (κ3) is 4.32. The summed E-state index contributed by atoms with van der Waals surface area (Å²) in [6.45, 7) is 2.53. The number of aryl methyl sites for hydroxylation is 1. The van der Waals surface area contributed by atoms with Crippen LogP contribution in [0.4, 0.5) is 0 Å². The molecule has 0 spiro atoms. The van der Waals surface area contributed by atoms with E-state index in [2.05, 4.69) is 35.0 Å². The Balaban J connectivity index is 1.86. The van der Waals surface area contributed by atoms with Crippen LogP contribution in [0.2, 0.25) is 0 Å². The molecule has 2 aromatic carbocycles. The maximum Gasteiger partial charge on any atom is 0.265 e. The molecule has 6 heteroatoms. The molecule has 0 aliphatic carbocycles. The third-order valence-corrected chi connectivity index (χ3v) is 5.70. The third-order valence-electron chi connectivity index (χ3n) is 3.72. The molecular formula is C19H16BrNO2S2. The molecule has 25 heavy (non-hydrogen) atoms. The van der Waals surface area contributed by atoms with Crippen molar-refractivity contribution in [1.82, 2.24) is 4.90 Å². The first-order valence-electron chi connectivity index (χ1n) is 7.63. The maximum atomic E-state index is 12.2. The van der Waals surface area contributed by atoms with Gasteiger partial charge in [0.05, 0.1) is 4.91 Å². The van der Waals surface area contributed by atoms with Crippen LogP contribution in [0.25, 0.3) is 6.08 Å². The van der Waals surface area contributed by atoms with Gasteiger partial charge in [0.2, 0.25) is 0 Å². The number of likely N-dealkylation sites (N-methyl/N-ethyl adjacent to an activating group) is 1. The molecular weight excluding hydrogens is 418 g/mol. The van der Waals surface area contributed by atoms with Crippen LogP contribution < -0.4 is 4.74 Å². The van der Waals surface area contributed by atoms with Crippen molar-refractivity contribution < 1.29 is 9.53 Å². The number of carbonyl (C=O) groups is 1. The fourth-order valence-corrected chi connectivity index (χ4v) is 3.96. The number of hydrogen-bond acceptors (Lipinski definition) is 4. The van der Waals surface area contributed by atoms with E-state index in [4.69, 9.17) is 17.0 Å². The minimum absolute atomic E-state index is 0.0837. The number of rotatable bonds is 4. The summed E-state index contributed by atoms with van der Waals surface area (Å²) in [5.74, 6) is 0.644. The van der Waals surface area contributed by atoms with E-state index < -0.39 is 0 Å². The van der Waals surface area contributed by atoms with E-state index in [9.17, 15) is 4.79 Å². The number of carbonyl (C=O) groups excluding carboxylic acids is 1. The lowest BCUT2D eigenvalue weighted by Crippen LogP contribution is -2.22. The number of thiocarbonyl (C=S) groups is 1. The van der Waals surface area contributed by atoms with Crippen LogP contribution in [0.3, 0.4) is 0 Å². The van der Waals surface area contributed by atoms with E-state index in [1.807, 2.05) is 36.4 Å². The Labute approximate surface area is 165 Å². The molecule has 0 N–H and O–H groups in total. The molecule has 0 saturated carbocycles. The largest absolute Gasteiger partial charge is 0.488 e. The van der Waals surface area contributed by atoms with Crippen molar-refractivity contribution in [1.29, 1.82) is 0 Å². The number of amides is 1. The summed E-state index contributed by atoms with van der Waals surface area (Å²) in [5, 5.41) is 0. The van der Waals surface area contributed by atoms with Gasteiger partial charge in [-0.05, 0) is 36.8 Å². The van der Waals surface area contributed by atoms with Gasteiger partial charge in [0.15, 0.2) is 0 Å². The molecule has 1 aliphatic heterocycles. The number of hydrogen-bond donors (Lipinski definition) is 0. The van der Waals surface area contributed by atoms with E-state index in [0.717, 1.165) is 21.3 Å². The monoisotopic (exact) mass is 433 g/mol. The standard InChI is InChI=1S/C19H16BrNO2S2/c1-12-4-3-5-13(8-12)11-23-16-7-6-15(20)9-14(16)10-17-18(22)21(2)19(24)25-17/h3-10H,11H2,1-2H3. The van der Waals surface area contributed by atoms with Crippen molar-refractivity contribution in [2.75, 3.05) is 7.05 Å². The van der Waals surface area contributed by atoms with Gasteiger partial charge in [-0.25, -0.2) is 0 Å². The normalized spacial score (nSPS) is 16.0. The van der Waals surface area contributed by atoms with Crippen LogP contribution in [0.5, 0.6) is 5.75 Å². The van der Waals surface area contributed by atoms with Gasteiger partial charge in [0.1, 0.15) is 16.7 Å². The van der Waals surface area contributed by atoms with Crippen LogP contribution in [0.1, 0.15) is 16.7 Å². The minimum atomic E-state index is -0.0837. The molecule has 1 heterocycles. The zero-order chi connectivity index (χ0) is 18.0. The maximum absolute atomic E-state index is 12.2. The number of thioether (sulfide) groups is 1.